The van der Waals surface area contributed by atoms with Gasteiger partial charge >= 0.3 is 6.18 Å². The third kappa shape index (κ3) is 2.90. The van der Waals surface area contributed by atoms with E-state index < -0.39 is 11.9 Å². The van der Waals surface area contributed by atoms with E-state index in [2.05, 4.69) is 15.1 Å². The summed E-state index contributed by atoms with van der Waals surface area (Å²) in [5.41, 5.74) is 1.13. The summed E-state index contributed by atoms with van der Waals surface area (Å²) in [5, 5.41) is 4.40. The Labute approximate surface area is 150 Å². The van der Waals surface area contributed by atoms with Crippen molar-refractivity contribution in [3.05, 3.63) is 71.8 Å². The van der Waals surface area contributed by atoms with Crippen molar-refractivity contribution in [1.82, 2.24) is 19.6 Å². The molecule has 0 fully saturated rings. The fraction of sp³-hybridized carbons (Fsp3) is 0.0556. The van der Waals surface area contributed by atoms with Crippen LogP contribution in [0.4, 0.5) is 13.2 Å². The SMILES string of the molecule is FC(F)(F)c1cc(-c2ccc(Cl)cc2)nc2c(-c3ccncc3)cnn12. The number of halogens is 4. The molecular formula is C18H10ClF3N4. The number of nitrogens with zero attached hydrogens (tertiary/aromatic N) is 4. The second kappa shape index (κ2) is 6.10. The van der Waals surface area contributed by atoms with Crippen molar-refractivity contribution in [2.75, 3.05) is 0 Å². The number of fused-ring (bicyclic) bond motifs is 1. The number of benzene rings is 1. The van der Waals surface area contributed by atoms with Crippen molar-refractivity contribution in [3.8, 4) is 22.4 Å². The highest BCUT2D eigenvalue weighted by atomic mass is 35.5. The van der Waals surface area contributed by atoms with Gasteiger partial charge in [0.05, 0.1) is 11.9 Å². The van der Waals surface area contributed by atoms with E-state index in [0.717, 1.165) is 10.6 Å². The molecule has 0 saturated heterocycles. The first-order valence-corrected chi connectivity index (χ1v) is 7.93. The summed E-state index contributed by atoms with van der Waals surface area (Å²) in [6.45, 7) is 0. The lowest BCUT2D eigenvalue weighted by molar-refractivity contribution is -0.142. The van der Waals surface area contributed by atoms with Crippen molar-refractivity contribution in [3.63, 3.8) is 0 Å². The second-order valence-corrected chi connectivity index (χ2v) is 6.00. The van der Waals surface area contributed by atoms with Crippen LogP contribution >= 0.6 is 11.6 Å². The van der Waals surface area contributed by atoms with E-state index in [1.54, 1.807) is 48.8 Å². The molecule has 0 N–H and O–H groups in total. The molecule has 0 unspecified atom stereocenters. The maximum atomic E-state index is 13.6. The molecule has 0 aliphatic carbocycles. The fourth-order valence-corrected chi connectivity index (χ4v) is 2.79. The highest BCUT2D eigenvalue weighted by Gasteiger charge is 2.35. The van der Waals surface area contributed by atoms with Crippen molar-refractivity contribution in [2.24, 2.45) is 0 Å². The Morgan fingerprint density at radius 1 is 0.923 bits per heavy atom. The summed E-state index contributed by atoms with van der Waals surface area (Å²) in [4.78, 5) is 8.35. The number of alkyl halides is 3. The summed E-state index contributed by atoms with van der Waals surface area (Å²) in [6, 6.07) is 10.8. The summed E-state index contributed by atoms with van der Waals surface area (Å²) in [5.74, 6) is 0. The quantitative estimate of drug-likeness (QED) is 0.488. The van der Waals surface area contributed by atoms with Crippen LogP contribution in [0.3, 0.4) is 0 Å². The predicted octanol–water partition coefficient (Wildman–Crippen LogP) is 5.13. The topological polar surface area (TPSA) is 43.1 Å². The molecule has 0 bridgehead atoms. The van der Waals surface area contributed by atoms with Gasteiger partial charge in [-0.3, -0.25) is 4.98 Å². The van der Waals surface area contributed by atoms with Gasteiger partial charge in [-0.15, -0.1) is 0 Å². The van der Waals surface area contributed by atoms with Crippen LogP contribution in [0, 0.1) is 0 Å². The molecule has 0 aliphatic heterocycles. The number of hydrogen-bond acceptors (Lipinski definition) is 3. The fourth-order valence-electron chi connectivity index (χ4n) is 2.67. The van der Waals surface area contributed by atoms with Crippen LogP contribution < -0.4 is 0 Å². The van der Waals surface area contributed by atoms with Gasteiger partial charge in [-0.1, -0.05) is 23.7 Å². The Balaban J connectivity index is 2.01. The first-order chi connectivity index (χ1) is 12.4. The van der Waals surface area contributed by atoms with Crippen LogP contribution in [-0.2, 0) is 6.18 Å². The molecule has 26 heavy (non-hydrogen) atoms. The van der Waals surface area contributed by atoms with Gasteiger partial charge in [0.1, 0.15) is 0 Å². The minimum Gasteiger partial charge on any atom is -0.265 e. The molecule has 0 spiro atoms. The van der Waals surface area contributed by atoms with Gasteiger partial charge in [-0.25, -0.2) is 9.50 Å². The highest BCUT2D eigenvalue weighted by Crippen LogP contribution is 2.34. The zero-order chi connectivity index (χ0) is 18.3. The number of aromatic nitrogens is 4. The van der Waals surface area contributed by atoms with E-state index in [1.807, 2.05) is 0 Å². The molecule has 4 rings (SSSR count). The van der Waals surface area contributed by atoms with Crippen LogP contribution in [0.2, 0.25) is 5.02 Å². The molecule has 4 aromatic rings. The van der Waals surface area contributed by atoms with E-state index in [0.29, 0.717) is 21.7 Å². The zero-order valence-corrected chi connectivity index (χ0v) is 13.8. The average Bonchev–Trinajstić information content (AvgIpc) is 3.05. The maximum Gasteiger partial charge on any atom is 0.433 e. The number of pyridine rings is 1. The molecule has 0 aliphatic rings. The normalized spacial score (nSPS) is 11.8. The molecule has 3 heterocycles. The highest BCUT2D eigenvalue weighted by molar-refractivity contribution is 6.30. The molecule has 1 aromatic carbocycles. The molecule has 8 heteroatoms. The summed E-state index contributed by atoms with van der Waals surface area (Å²) < 4.78 is 41.5. The minimum atomic E-state index is -4.58. The van der Waals surface area contributed by atoms with Crippen molar-refractivity contribution < 1.29 is 13.2 Å². The summed E-state index contributed by atoms with van der Waals surface area (Å²) in [6.07, 6.45) is -0.0818. The average molecular weight is 375 g/mol. The van der Waals surface area contributed by atoms with E-state index in [9.17, 15) is 13.2 Å². The van der Waals surface area contributed by atoms with Gasteiger partial charge in [0.15, 0.2) is 11.3 Å². The Bertz CT molecular complexity index is 1070. The van der Waals surface area contributed by atoms with Crippen molar-refractivity contribution in [1.29, 1.82) is 0 Å². The standard InChI is InChI=1S/C18H10ClF3N4/c19-13-3-1-12(2-4-13)15-9-16(18(20,21)22)26-17(25-15)14(10-24-26)11-5-7-23-8-6-11/h1-10H. The van der Waals surface area contributed by atoms with Crippen LogP contribution in [0.1, 0.15) is 5.69 Å². The van der Waals surface area contributed by atoms with Gasteiger partial charge in [0.25, 0.3) is 0 Å². The smallest absolute Gasteiger partial charge is 0.265 e. The monoisotopic (exact) mass is 374 g/mol. The third-order valence-electron chi connectivity index (χ3n) is 3.89. The lowest BCUT2D eigenvalue weighted by Gasteiger charge is -2.11. The number of hydrogen-bond donors (Lipinski definition) is 0. The van der Waals surface area contributed by atoms with E-state index in [1.165, 1.54) is 6.20 Å². The lowest BCUT2D eigenvalue weighted by Crippen LogP contribution is -2.13. The maximum absolute atomic E-state index is 13.6. The van der Waals surface area contributed by atoms with Crippen molar-refractivity contribution in [2.45, 2.75) is 6.18 Å². The zero-order valence-electron chi connectivity index (χ0n) is 13.1. The van der Waals surface area contributed by atoms with Gasteiger partial charge in [-0.05, 0) is 35.9 Å². The molecule has 0 radical (unpaired) electrons. The van der Waals surface area contributed by atoms with E-state index in [4.69, 9.17) is 11.6 Å². The van der Waals surface area contributed by atoms with Crippen molar-refractivity contribution >= 4 is 17.2 Å². The Hall–Kier alpha value is -2.93. The molecule has 3 aromatic heterocycles. The van der Waals surface area contributed by atoms with Gasteiger partial charge in [0, 0.05) is 28.5 Å². The molecule has 0 atom stereocenters. The van der Waals surface area contributed by atoms with Crippen LogP contribution in [0.5, 0.6) is 0 Å². The Morgan fingerprint density at radius 2 is 1.62 bits per heavy atom. The third-order valence-corrected chi connectivity index (χ3v) is 4.15. The van der Waals surface area contributed by atoms with Gasteiger partial charge < -0.3 is 0 Å². The van der Waals surface area contributed by atoms with E-state index in [-0.39, 0.29) is 11.3 Å². The molecule has 130 valence electrons. The minimum absolute atomic E-state index is 0.121. The largest absolute Gasteiger partial charge is 0.433 e. The van der Waals surface area contributed by atoms with Crippen LogP contribution in [-0.4, -0.2) is 19.6 Å². The first-order valence-electron chi connectivity index (χ1n) is 7.56. The Morgan fingerprint density at radius 3 is 2.27 bits per heavy atom. The lowest BCUT2D eigenvalue weighted by atomic mass is 10.1. The number of rotatable bonds is 2. The van der Waals surface area contributed by atoms with E-state index >= 15 is 0 Å². The summed E-state index contributed by atoms with van der Waals surface area (Å²) >= 11 is 5.87. The van der Waals surface area contributed by atoms with Gasteiger partial charge in [0.2, 0.25) is 0 Å². The van der Waals surface area contributed by atoms with Crippen LogP contribution in [0.25, 0.3) is 28.0 Å². The second-order valence-electron chi connectivity index (χ2n) is 5.56. The predicted molar refractivity (Wildman–Crippen MR) is 91.7 cm³/mol. The Kier molecular flexibility index (Phi) is 3.88. The molecule has 4 nitrogen and oxygen atoms in total. The molecule has 0 saturated carbocycles. The summed E-state index contributed by atoms with van der Waals surface area (Å²) in [7, 11) is 0. The molecular weight excluding hydrogens is 365 g/mol. The first kappa shape index (κ1) is 16.5. The molecule has 0 amide bonds. The van der Waals surface area contributed by atoms with Gasteiger partial charge in [-0.2, -0.15) is 18.3 Å². The van der Waals surface area contributed by atoms with Crippen LogP contribution in [0.15, 0.2) is 61.1 Å².